The number of methoxy groups -OCH3 is 2. The Bertz CT molecular complexity index is 1010. The maximum Gasteiger partial charge on any atom is 0.245 e. The second-order valence-corrected chi connectivity index (χ2v) is 7.58. The highest BCUT2D eigenvalue weighted by Crippen LogP contribution is 2.28. The third kappa shape index (κ3) is 3.95. The van der Waals surface area contributed by atoms with Gasteiger partial charge in [0.05, 0.1) is 19.1 Å². The van der Waals surface area contributed by atoms with Crippen LogP contribution in [0.25, 0.3) is 10.7 Å². The number of thiophene rings is 1. The van der Waals surface area contributed by atoms with Crippen LogP contribution in [0, 0.1) is 4.77 Å². The summed E-state index contributed by atoms with van der Waals surface area (Å²) in [6.45, 7) is 2.22. The van der Waals surface area contributed by atoms with Gasteiger partial charge in [0, 0.05) is 25.2 Å². The summed E-state index contributed by atoms with van der Waals surface area (Å²) in [5.41, 5.74) is 0.889. The van der Waals surface area contributed by atoms with Crippen LogP contribution in [0.2, 0.25) is 0 Å². The van der Waals surface area contributed by atoms with Crippen molar-refractivity contribution < 1.29 is 14.3 Å². The van der Waals surface area contributed by atoms with E-state index < -0.39 is 6.04 Å². The first-order valence-corrected chi connectivity index (χ1v) is 9.91. The molecule has 2 aromatic heterocycles. The number of hydrogen-bond acceptors (Lipinski definition) is 6. The van der Waals surface area contributed by atoms with E-state index in [-0.39, 0.29) is 5.91 Å². The van der Waals surface area contributed by atoms with Gasteiger partial charge in [0.25, 0.3) is 0 Å². The number of carbonyl (C=O) groups excluding carboxylic acids is 1. The SMILES string of the molecule is COc1ccc(CN(C)C(=O)C(C)n2c(-c3cccs3)n[nH]c2=S)c(OC)c1. The molecule has 0 aliphatic carbocycles. The highest BCUT2D eigenvalue weighted by Gasteiger charge is 2.24. The molecule has 3 aromatic rings. The average Bonchev–Trinajstić information content (AvgIpc) is 3.36. The van der Waals surface area contributed by atoms with Crippen LogP contribution < -0.4 is 9.47 Å². The van der Waals surface area contributed by atoms with Crippen molar-refractivity contribution in [3.8, 4) is 22.2 Å². The van der Waals surface area contributed by atoms with Crippen molar-refractivity contribution in [1.82, 2.24) is 19.7 Å². The molecule has 0 aliphatic rings. The molecule has 1 atom stereocenters. The van der Waals surface area contributed by atoms with E-state index in [0.717, 1.165) is 10.4 Å². The smallest absolute Gasteiger partial charge is 0.245 e. The van der Waals surface area contributed by atoms with Crippen LogP contribution in [0.5, 0.6) is 11.5 Å². The summed E-state index contributed by atoms with van der Waals surface area (Å²) < 4.78 is 12.8. The van der Waals surface area contributed by atoms with E-state index >= 15 is 0 Å². The number of hydrogen-bond donors (Lipinski definition) is 1. The molecule has 3 rings (SSSR count). The predicted molar refractivity (Wildman–Crippen MR) is 111 cm³/mol. The summed E-state index contributed by atoms with van der Waals surface area (Å²) >= 11 is 6.92. The molecule has 28 heavy (non-hydrogen) atoms. The highest BCUT2D eigenvalue weighted by atomic mass is 32.1. The molecule has 9 heteroatoms. The molecular weight excluding hydrogens is 396 g/mol. The van der Waals surface area contributed by atoms with Gasteiger partial charge in [0.1, 0.15) is 17.5 Å². The van der Waals surface area contributed by atoms with E-state index in [1.807, 2.05) is 36.6 Å². The number of nitrogens with zero attached hydrogens (tertiary/aromatic N) is 3. The van der Waals surface area contributed by atoms with Crippen molar-refractivity contribution in [2.24, 2.45) is 0 Å². The minimum Gasteiger partial charge on any atom is -0.497 e. The Balaban J connectivity index is 1.83. The molecule has 0 spiro atoms. The number of amides is 1. The number of aromatic nitrogens is 3. The minimum absolute atomic E-state index is 0.0758. The Morgan fingerprint density at radius 1 is 1.36 bits per heavy atom. The van der Waals surface area contributed by atoms with Gasteiger partial charge < -0.3 is 14.4 Å². The van der Waals surface area contributed by atoms with Gasteiger partial charge in [-0.3, -0.25) is 14.5 Å². The van der Waals surface area contributed by atoms with E-state index in [9.17, 15) is 4.79 Å². The monoisotopic (exact) mass is 418 g/mol. The Morgan fingerprint density at radius 3 is 2.79 bits per heavy atom. The molecule has 1 N–H and O–H groups in total. The molecule has 0 aliphatic heterocycles. The lowest BCUT2D eigenvalue weighted by Gasteiger charge is -2.24. The maximum absolute atomic E-state index is 13.1. The van der Waals surface area contributed by atoms with Gasteiger partial charge in [-0.15, -0.1) is 11.3 Å². The van der Waals surface area contributed by atoms with Gasteiger partial charge in [-0.05, 0) is 42.7 Å². The van der Waals surface area contributed by atoms with Crippen molar-refractivity contribution in [2.45, 2.75) is 19.5 Å². The molecule has 0 saturated heterocycles. The summed E-state index contributed by atoms with van der Waals surface area (Å²) in [4.78, 5) is 15.7. The molecule has 1 amide bonds. The summed E-state index contributed by atoms with van der Waals surface area (Å²) in [6, 6.07) is 8.94. The lowest BCUT2D eigenvalue weighted by Crippen LogP contribution is -2.33. The van der Waals surface area contributed by atoms with Gasteiger partial charge in [0.15, 0.2) is 10.6 Å². The van der Waals surface area contributed by atoms with Gasteiger partial charge in [-0.2, -0.15) is 5.10 Å². The Labute approximate surface area is 172 Å². The first-order chi connectivity index (χ1) is 13.5. The van der Waals surface area contributed by atoms with E-state index in [1.165, 1.54) is 0 Å². The molecule has 148 valence electrons. The zero-order chi connectivity index (χ0) is 20.3. The second kappa shape index (κ2) is 8.57. The normalized spacial score (nSPS) is 11.9. The molecule has 1 aromatic carbocycles. The Morgan fingerprint density at radius 2 is 2.14 bits per heavy atom. The molecule has 0 saturated carbocycles. The number of benzene rings is 1. The number of aromatic amines is 1. The standard InChI is InChI=1S/C19H22N4O3S2/c1-12(23-17(20-21-19(23)27)16-6-5-9-28-16)18(24)22(2)11-13-7-8-14(25-3)10-15(13)26-4/h5-10,12H,11H2,1-4H3,(H,21,27). The first-order valence-electron chi connectivity index (χ1n) is 8.63. The van der Waals surface area contributed by atoms with Crippen molar-refractivity contribution in [3.05, 3.63) is 46.0 Å². The third-order valence-corrected chi connectivity index (χ3v) is 5.62. The zero-order valence-electron chi connectivity index (χ0n) is 16.1. The van der Waals surface area contributed by atoms with Crippen molar-refractivity contribution >= 4 is 29.5 Å². The Hall–Kier alpha value is -2.65. The molecule has 0 fully saturated rings. The molecule has 7 nitrogen and oxygen atoms in total. The molecule has 0 bridgehead atoms. The lowest BCUT2D eigenvalue weighted by molar-refractivity contribution is -0.133. The van der Waals surface area contributed by atoms with Crippen LogP contribution in [-0.4, -0.2) is 46.8 Å². The maximum atomic E-state index is 13.1. The fourth-order valence-electron chi connectivity index (χ4n) is 2.99. The topological polar surface area (TPSA) is 72.4 Å². The molecule has 0 radical (unpaired) electrons. The van der Waals surface area contributed by atoms with Crippen LogP contribution in [-0.2, 0) is 11.3 Å². The molecular formula is C19H22N4O3S2. The Kier molecular flexibility index (Phi) is 6.15. The van der Waals surface area contributed by atoms with Crippen LogP contribution in [0.1, 0.15) is 18.5 Å². The number of rotatable bonds is 7. The predicted octanol–water partition coefficient (Wildman–Crippen LogP) is 3.91. The van der Waals surface area contributed by atoms with E-state index in [2.05, 4.69) is 10.2 Å². The molecule has 2 heterocycles. The van der Waals surface area contributed by atoms with Gasteiger partial charge in [0.2, 0.25) is 5.91 Å². The summed E-state index contributed by atoms with van der Waals surface area (Å²) in [6.07, 6.45) is 0. The second-order valence-electron chi connectivity index (χ2n) is 6.25. The van der Waals surface area contributed by atoms with Crippen molar-refractivity contribution in [2.75, 3.05) is 21.3 Å². The number of carbonyl (C=O) groups is 1. The van der Waals surface area contributed by atoms with E-state index in [4.69, 9.17) is 21.7 Å². The number of H-pyrrole nitrogens is 1. The highest BCUT2D eigenvalue weighted by molar-refractivity contribution is 7.71. The summed E-state index contributed by atoms with van der Waals surface area (Å²) in [5.74, 6) is 1.96. The van der Waals surface area contributed by atoms with Crippen molar-refractivity contribution in [3.63, 3.8) is 0 Å². The van der Waals surface area contributed by atoms with Crippen LogP contribution in [0.15, 0.2) is 35.7 Å². The van der Waals surface area contributed by atoms with Crippen LogP contribution in [0.3, 0.4) is 0 Å². The molecule has 1 unspecified atom stereocenters. The quantitative estimate of drug-likeness (QED) is 0.589. The fraction of sp³-hybridized carbons (Fsp3) is 0.316. The van der Waals surface area contributed by atoms with Crippen LogP contribution in [0.4, 0.5) is 0 Å². The van der Waals surface area contributed by atoms with Crippen molar-refractivity contribution in [1.29, 1.82) is 0 Å². The van der Waals surface area contributed by atoms with Gasteiger partial charge >= 0.3 is 0 Å². The minimum atomic E-state index is -0.502. The summed E-state index contributed by atoms with van der Waals surface area (Å²) in [7, 11) is 4.96. The lowest BCUT2D eigenvalue weighted by atomic mass is 10.1. The summed E-state index contributed by atoms with van der Waals surface area (Å²) in [5, 5.41) is 9.07. The van der Waals surface area contributed by atoms with E-state index in [0.29, 0.717) is 28.6 Å². The zero-order valence-corrected chi connectivity index (χ0v) is 17.8. The number of ether oxygens (including phenoxy) is 2. The van der Waals surface area contributed by atoms with Gasteiger partial charge in [-0.25, -0.2) is 0 Å². The van der Waals surface area contributed by atoms with Crippen LogP contribution >= 0.6 is 23.6 Å². The largest absolute Gasteiger partial charge is 0.497 e. The number of likely N-dealkylation sites (N-methyl/N-ethyl adjacent to an activating group) is 1. The van der Waals surface area contributed by atoms with E-state index in [1.54, 1.807) is 48.1 Å². The van der Waals surface area contributed by atoms with Gasteiger partial charge in [-0.1, -0.05) is 6.07 Å². The third-order valence-electron chi connectivity index (χ3n) is 4.47. The number of nitrogens with one attached hydrogen (secondary N) is 1. The first kappa shape index (κ1) is 20.1. The fourth-order valence-corrected chi connectivity index (χ4v) is 3.99. The average molecular weight is 419 g/mol.